The molecule has 1 aliphatic rings. The molecule has 2 heterocycles. The number of H-pyrrole nitrogens is 1. The van der Waals surface area contributed by atoms with Crippen molar-refractivity contribution in [2.75, 3.05) is 12.4 Å². The number of rotatable bonds is 3. The second-order valence-corrected chi connectivity index (χ2v) is 5.80. The lowest BCUT2D eigenvalue weighted by molar-refractivity contribution is -0.128. The predicted molar refractivity (Wildman–Crippen MR) is 82.2 cm³/mol. The van der Waals surface area contributed by atoms with Crippen molar-refractivity contribution < 1.29 is 14.0 Å². The van der Waals surface area contributed by atoms with Gasteiger partial charge in [0.15, 0.2) is 0 Å². The molecule has 1 aliphatic heterocycles. The predicted octanol–water partition coefficient (Wildman–Crippen LogP) is 2.36. The SMILES string of the molecule is CN1C(=O)C[C@@H](C(=O)Nc2ccn[nH]2)[C@H]1c1ccc(Cl)c(F)c1. The number of carbonyl (C=O) groups excluding carboxylic acids is 2. The summed E-state index contributed by atoms with van der Waals surface area (Å²) in [6.45, 7) is 0. The summed E-state index contributed by atoms with van der Waals surface area (Å²) in [5.41, 5.74) is 0.532. The number of benzene rings is 1. The van der Waals surface area contributed by atoms with E-state index in [2.05, 4.69) is 15.5 Å². The fourth-order valence-corrected chi connectivity index (χ4v) is 2.93. The first-order valence-electron chi connectivity index (χ1n) is 6.98. The minimum Gasteiger partial charge on any atom is -0.338 e. The van der Waals surface area contributed by atoms with Crippen molar-refractivity contribution in [3.8, 4) is 0 Å². The Hall–Kier alpha value is -2.41. The Morgan fingerprint density at radius 1 is 1.48 bits per heavy atom. The molecule has 1 aromatic carbocycles. The zero-order valence-corrected chi connectivity index (χ0v) is 13.0. The molecule has 2 N–H and O–H groups in total. The number of carbonyl (C=O) groups is 2. The molecule has 0 spiro atoms. The topological polar surface area (TPSA) is 78.1 Å². The third kappa shape index (κ3) is 2.92. The van der Waals surface area contributed by atoms with E-state index in [0.717, 1.165) is 0 Å². The molecule has 0 saturated carbocycles. The largest absolute Gasteiger partial charge is 0.338 e. The van der Waals surface area contributed by atoms with Crippen molar-refractivity contribution in [3.05, 3.63) is 46.9 Å². The summed E-state index contributed by atoms with van der Waals surface area (Å²) in [6, 6.07) is 5.37. The molecule has 1 saturated heterocycles. The lowest BCUT2D eigenvalue weighted by Crippen LogP contribution is -2.30. The monoisotopic (exact) mass is 336 g/mol. The molecule has 23 heavy (non-hydrogen) atoms. The van der Waals surface area contributed by atoms with Gasteiger partial charge in [0.25, 0.3) is 0 Å². The fraction of sp³-hybridized carbons (Fsp3) is 0.267. The lowest BCUT2D eigenvalue weighted by Gasteiger charge is -2.25. The molecule has 3 rings (SSSR count). The summed E-state index contributed by atoms with van der Waals surface area (Å²) < 4.78 is 13.7. The number of anilines is 1. The van der Waals surface area contributed by atoms with E-state index >= 15 is 0 Å². The molecule has 1 aromatic heterocycles. The van der Waals surface area contributed by atoms with E-state index in [1.807, 2.05) is 0 Å². The van der Waals surface area contributed by atoms with Crippen LogP contribution in [0.5, 0.6) is 0 Å². The van der Waals surface area contributed by atoms with Crippen LogP contribution in [0.1, 0.15) is 18.0 Å². The zero-order chi connectivity index (χ0) is 16.6. The Labute approximate surface area is 136 Å². The number of hydrogen-bond acceptors (Lipinski definition) is 3. The van der Waals surface area contributed by atoms with Crippen LogP contribution in [0.2, 0.25) is 5.02 Å². The highest BCUT2D eigenvalue weighted by molar-refractivity contribution is 6.30. The highest BCUT2D eigenvalue weighted by Crippen LogP contribution is 2.38. The number of nitrogens with one attached hydrogen (secondary N) is 2. The van der Waals surface area contributed by atoms with Gasteiger partial charge < -0.3 is 10.2 Å². The number of aromatic nitrogens is 2. The quantitative estimate of drug-likeness (QED) is 0.903. The number of amides is 2. The van der Waals surface area contributed by atoms with Gasteiger partial charge in [-0.2, -0.15) is 5.10 Å². The van der Waals surface area contributed by atoms with Crippen molar-refractivity contribution >= 4 is 29.2 Å². The maximum Gasteiger partial charge on any atom is 0.231 e. The molecule has 0 radical (unpaired) electrons. The molecule has 120 valence electrons. The maximum atomic E-state index is 13.7. The zero-order valence-electron chi connectivity index (χ0n) is 12.2. The minimum absolute atomic E-state index is 0.000752. The van der Waals surface area contributed by atoms with E-state index in [1.54, 1.807) is 19.2 Å². The Bertz CT molecular complexity index is 750. The van der Waals surface area contributed by atoms with Crippen molar-refractivity contribution in [1.29, 1.82) is 0 Å². The standard InChI is InChI=1S/C15H14ClFN4O2/c1-21-13(22)7-9(15(23)19-12-4-5-18-20-12)14(21)8-2-3-10(16)11(17)6-8/h2-6,9,14H,7H2,1H3,(H2,18,19,20,23)/t9-,14-/m1/s1. The Balaban J connectivity index is 1.89. The first kappa shape index (κ1) is 15.5. The van der Waals surface area contributed by atoms with Gasteiger partial charge in [-0.1, -0.05) is 17.7 Å². The number of aromatic amines is 1. The van der Waals surface area contributed by atoms with Crippen molar-refractivity contribution in [2.24, 2.45) is 5.92 Å². The van der Waals surface area contributed by atoms with Gasteiger partial charge in [0.05, 0.1) is 23.2 Å². The first-order valence-corrected chi connectivity index (χ1v) is 7.36. The lowest BCUT2D eigenvalue weighted by atomic mass is 9.93. The van der Waals surface area contributed by atoms with E-state index in [1.165, 1.54) is 23.2 Å². The summed E-state index contributed by atoms with van der Waals surface area (Å²) in [6.07, 6.45) is 1.57. The second kappa shape index (κ2) is 6.00. The molecule has 0 bridgehead atoms. The third-order valence-corrected chi connectivity index (χ3v) is 4.27. The fourth-order valence-electron chi connectivity index (χ4n) is 2.81. The summed E-state index contributed by atoms with van der Waals surface area (Å²) in [7, 11) is 1.60. The summed E-state index contributed by atoms with van der Waals surface area (Å²) in [5.74, 6) is -1.26. The van der Waals surface area contributed by atoms with Crippen LogP contribution in [0.25, 0.3) is 0 Å². The van der Waals surface area contributed by atoms with Gasteiger partial charge >= 0.3 is 0 Å². The van der Waals surface area contributed by atoms with Gasteiger partial charge in [0.2, 0.25) is 11.8 Å². The van der Waals surface area contributed by atoms with E-state index in [4.69, 9.17) is 11.6 Å². The van der Waals surface area contributed by atoms with Crippen molar-refractivity contribution in [3.63, 3.8) is 0 Å². The van der Waals surface area contributed by atoms with Crippen LogP contribution in [0.3, 0.4) is 0 Å². The van der Waals surface area contributed by atoms with E-state index in [-0.39, 0.29) is 23.3 Å². The minimum atomic E-state index is -0.628. The van der Waals surface area contributed by atoms with Crippen LogP contribution in [-0.4, -0.2) is 34.0 Å². The highest BCUT2D eigenvalue weighted by atomic mass is 35.5. The van der Waals surface area contributed by atoms with Crippen LogP contribution < -0.4 is 5.32 Å². The molecule has 0 aliphatic carbocycles. The number of nitrogens with zero attached hydrogens (tertiary/aromatic N) is 2. The Morgan fingerprint density at radius 2 is 2.26 bits per heavy atom. The average molecular weight is 337 g/mol. The van der Waals surface area contributed by atoms with Crippen LogP contribution in [0.4, 0.5) is 10.2 Å². The number of hydrogen-bond donors (Lipinski definition) is 2. The molecule has 2 aromatic rings. The van der Waals surface area contributed by atoms with Gasteiger partial charge in [0.1, 0.15) is 11.6 Å². The van der Waals surface area contributed by atoms with Crippen LogP contribution in [0, 0.1) is 11.7 Å². The molecule has 2 atom stereocenters. The molecule has 6 nitrogen and oxygen atoms in total. The van der Waals surface area contributed by atoms with Gasteiger partial charge in [0, 0.05) is 19.5 Å². The van der Waals surface area contributed by atoms with Crippen LogP contribution in [0.15, 0.2) is 30.5 Å². The Kier molecular flexibility index (Phi) is 4.04. The third-order valence-electron chi connectivity index (χ3n) is 3.97. The Morgan fingerprint density at radius 3 is 2.91 bits per heavy atom. The first-order chi connectivity index (χ1) is 11.0. The molecular weight excluding hydrogens is 323 g/mol. The van der Waals surface area contributed by atoms with Gasteiger partial charge in [-0.15, -0.1) is 0 Å². The average Bonchev–Trinajstić information content (AvgIpc) is 3.11. The molecule has 2 amide bonds. The molecular formula is C15H14ClFN4O2. The molecule has 1 fully saturated rings. The molecule has 0 unspecified atom stereocenters. The normalized spacial score (nSPS) is 20.8. The van der Waals surface area contributed by atoms with Crippen LogP contribution in [-0.2, 0) is 9.59 Å². The van der Waals surface area contributed by atoms with E-state index in [9.17, 15) is 14.0 Å². The number of halogens is 2. The van der Waals surface area contributed by atoms with E-state index in [0.29, 0.717) is 11.4 Å². The van der Waals surface area contributed by atoms with E-state index < -0.39 is 17.8 Å². The highest BCUT2D eigenvalue weighted by Gasteiger charge is 2.43. The second-order valence-electron chi connectivity index (χ2n) is 5.39. The van der Waals surface area contributed by atoms with Crippen molar-refractivity contribution in [2.45, 2.75) is 12.5 Å². The smallest absolute Gasteiger partial charge is 0.231 e. The molecule has 8 heteroatoms. The summed E-state index contributed by atoms with van der Waals surface area (Å²) in [4.78, 5) is 26.0. The van der Waals surface area contributed by atoms with Gasteiger partial charge in [-0.05, 0) is 17.7 Å². The number of likely N-dealkylation sites (tertiary alicyclic amines) is 1. The summed E-state index contributed by atoms with van der Waals surface area (Å²) in [5, 5.41) is 9.05. The van der Waals surface area contributed by atoms with Crippen LogP contribution >= 0.6 is 11.6 Å². The van der Waals surface area contributed by atoms with Gasteiger partial charge in [-0.25, -0.2) is 4.39 Å². The maximum absolute atomic E-state index is 13.7. The van der Waals surface area contributed by atoms with Crippen molar-refractivity contribution in [1.82, 2.24) is 15.1 Å². The van der Waals surface area contributed by atoms with Gasteiger partial charge in [-0.3, -0.25) is 14.7 Å². The summed E-state index contributed by atoms with van der Waals surface area (Å²) >= 11 is 5.70.